The number of thiazole rings is 1. The van der Waals surface area contributed by atoms with Crippen molar-refractivity contribution < 1.29 is 4.74 Å². The molecule has 5 nitrogen and oxygen atoms in total. The van der Waals surface area contributed by atoms with Crippen molar-refractivity contribution in [2.45, 2.75) is 64.3 Å². The van der Waals surface area contributed by atoms with E-state index in [1.165, 1.54) is 31.4 Å². The Labute approximate surface area is 147 Å². The van der Waals surface area contributed by atoms with Crippen LogP contribution in [-0.2, 0) is 17.9 Å². The number of hydrogen-bond acceptors (Lipinski definition) is 5. The molecule has 130 valence electrons. The van der Waals surface area contributed by atoms with Gasteiger partial charge in [-0.05, 0) is 32.3 Å². The molecule has 24 heavy (non-hydrogen) atoms. The molecule has 4 rings (SSSR count). The van der Waals surface area contributed by atoms with E-state index >= 15 is 0 Å². The first-order chi connectivity index (χ1) is 11.8. The van der Waals surface area contributed by atoms with Crippen LogP contribution in [0.25, 0.3) is 0 Å². The first-order valence-corrected chi connectivity index (χ1v) is 9.93. The second-order valence-electron chi connectivity index (χ2n) is 6.99. The maximum absolute atomic E-state index is 5.87. The van der Waals surface area contributed by atoms with Crippen molar-refractivity contribution in [2.24, 2.45) is 0 Å². The summed E-state index contributed by atoms with van der Waals surface area (Å²) in [5, 5.41) is 7.76. The predicted molar refractivity (Wildman–Crippen MR) is 95.1 cm³/mol. The smallest absolute Gasteiger partial charge is 0.0898 e. The molecular weight excluding hydrogens is 320 g/mol. The van der Waals surface area contributed by atoms with Gasteiger partial charge in [-0.2, -0.15) is 5.10 Å². The zero-order chi connectivity index (χ0) is 16.4. The van der Waals surface area contributed by atoms with Crippen molar-refractivity contribution in [3.05, 3.63) is 34.0 Å². The molecule has 0 radical (unpaired) electrons. The summed E-state index contributed by atoms with van der Waals surface area (Å²) < 4.78 is 8.10. The summed E-state index contributed by atoms with van der Waals surface area (Å²) in [7, 11) is 0. The van der Waals surface area contributed by atoms with Gasteiger partial charge in [-0.3, -0.25) is 9.58 Å². The van der Waals surface area contributed by atoms with Gasteiger partial charge in [0.2, 0.25) is 0 Å². The van der Waals surface area contributed by atoms with Crippen LogP contribution in [0.1, 0.15) is 54.5 Å². The van der Waals surface area contributed by atoms with Crippen LogP contribution >= 0.6 is 11.3 Å². The highest BCUT2D eigenvalue weighted by molar-refractivity contribution is 7.09. The molecule has 0 aromatic carbocycles. The molecule has 1 aliphatic carbocycles. The molecular formula is C18H26N4OS. The van der Waals surface area contributed by atoms with E-state index in [1.54, 1.807) is 11.3 Å². The van der Waals surface area contributed by atoms with Crippen molar-refractivity contribution in [2.75, 3.05) is 13.2 Å². The van der Waals surface area contributed by atoms with Gasteiger partial charge in [-0.15, -0.1) is 11.3 Å². The van der Waals surface area contributed by atoms with Gasteiger partial charge < -0.3 is 4.74 Å². The maximum Gasteiger partial charge on any atom is 0.0898 e. The maximum atomic E-state index is 5.87. The van der Waals surface area contributed by atoms with Crippen LogP contribution in [0, 0.1) is 6.92 Å². The van der Waals surface area contributed by atoms with Gasteiger partial charge in [-0.25, -0.2) is 4.98 Å². The van der Waals surface area contributed by atoms with Gasteiger partial charge in [0.15, 0.2) is 0 Å². The minimum Gasteiger partial charge on any atom is -0.375 e. The second kappa shape index (κ2) is 7.33. The molecule has 0 N–H and O–H groups in total. The average Bonchev–Trinajstić information content (AvgIpc) is 3.32. The Kier molecular flexibility index (Phi) is 4.96. The standard InChI is InChI=1S/C18H26N4OS/c1-14-20-15(13-24-14)12-23-9-7-18-11-21(16-4-2-3-5-16)10-17-6-8-19-22(17)18/h6,8,13,16,18H,2-5,7,9-12H2,1H3. The van der Waals surface area contributed by atoms with E-state index in [4.69, 9.17) is 4.74 Å². The Bertz CT molecular complexity index is 662. The van der Waals surface area contributed by atoms with Crippen LogP contribution in [0.2, 0.25) is 0 Å². The number of hydrogen-bond donors (Lipinski definition) is 0. The molecule has 0 spiro atoms. The van der Waals surface area contributed by atoms with Crippen LogP contribution in [0.5, 0.6) is 0 Å². The molecule has 1 unspecified atom stereocenters. The fourth-order valence-electron chi connectivity index (χ4n) is 4.05. The minimum atomic E-state index is 0.432. The lowest BCUT2D eigenvalue weighted by atomic mass is 10.1. The van der Waals surface area contributed by atoms with E-state index in [9.17, 15) is 0 Å². The van der Waals surface area contributed by atoms with Gasteiger partial charge in [-0.1, -0.05) is 12.8 Å². The van der Waals surface area contributed by atoms with Crippen LogP contribution in [0.4, 0.5) is 0 Å². The molecule has 2 aliphatic rings. The zero-order valence-electron chi connectivity index (χ0n) is 14.4. The van der Waals surface area contributed by atoms with E-state index in [1.807, 2.05) is 13.1 Å². The predicted octanol–water partition coefficient (Wildman–Crippen LogP) is 3.55. The second-order valence-corrected chi connectivity index (χ2v) is 8.05. The highest BCUT2D eigenvalue weighted by Gasteiger charge is 2.31. The van der Waals surface area contributed by atoms with E-state index in [0.717, 1.165) is 42.9 Å². The molecule has 0 bridgehead atoms. The molecule has 1 fully saturated rings. The van der Waals surface area contributed by atoms with Crippen LogP contribution in [0.15, 0.2) is 17.6 Å². The first-order valence-electron chi connectivity index (χ1n) is 9.05. The lowest BCUT2D eigenvalue weighted by Crippen LogP contribution is -2.42. The average molecular weight is 346 g/mol. The van der Waals surface area contributed by atoms with Crippen molar-refractivity contribution >= 4 is 11.3 Å². The highest BCUT2D eigenvalue weighted by atomic mass is 32.1. The summed E-state index contributed by atoms with van der Waals surface area (Å²) in [6.45, 7) is 5.58. The third-order valence-electron chi connectivity index (χ3n) is 5.26. The summed E-state index contributed by atoms with van der Waals surface area (Å²) in [6.07, 6.45) is 8.46. The lowest BCUT2D eigenvalue weighted by Gasteiger charge is -2.37. The van der Waals surface area contributed by atoms with Crippen molar-refractivity contribution in [1.82, 2.24) is 19.7 Å². The molecule has 1 aliphatic heterocycles. The largest absolute Gasteiger partial charge is 0.375 e. The normalized spacial score (nSPS) is 22.1. The van der Waals surface area contributed by atoms with Gasteiger partial charge >= 0.3 is 0 Å². The van der Waals surface area contributed by atoms with E-state index in [2.05, 4.69) is 31.1 Å². The van der Waals surface area contributed by atoms with Gasteiger partial charge in [0.25, 0.3) is 0 Å². The zero-order valence-corrected chi connectivity index (χ0v) is 15.2. The summed E-state index contributed by atoms with van der Waals surface area (Å²) in [6, 6.07) is 3.38. The molecule has 3 heterocycles. The molecule has 2 aromatic rings. The fourth-order valence-corrected chi connectivity index (χ4v) is 4.65. The third kappa shape index (κ3) is 3.55. The Morgan fingerprint density at radius 3 is 3.00 bits per heavy atom. The molecule has 1 atom stereocenters. The number of aryl methyl sites for hydroxylation is 1. The van der Waals surface area contributed by atoms with Crippen molar-refractivity contribution in [1.29, 1.82) is 0 Å². The SMILES string of the molecule is Cc1nc(COCCC2CN(C3CCCC3)Cc3ccnn32)cs1. The molecule has 0 saturated heterocycles. The van der Waals surface area contributed by atoms with E-state index < -0.39 is 0 Å². The minimum absolute atomic E-state index is 0.432. The lowest BCUT2D eigenvalue weighted by molar-refractivity contribution is 0.0754. The Morgan fingerprint density at radius 1 is 1.33 bits per heavy atom. The quantitative estimate of drug-likeness (QED) is 0.750. The van der Waals surface area contributed by atoms with E-state index in [-0.39, 0.29) is 0 Å². The summed E-state index contributed by atoms with van der Waals surface area (Å²) in [4.78, 5) is 7.13. The number of fused-ring (bicyclic) bond motifs is 1. The summed E-state index contributed by atoms with van der Waals surface area (Å²) >= 11 is 1.68. The van der Waals surface area contributed by atoms with E-state index in [0.29, 0.717) is 12.6 Å². The number of rotatable bonds is 6. The Hall–Kier alpha value is -1.24. The third-order valence-corrected chi connectivity index (χ3v) is 6.08. The van der Waals surface area contributed by atoms with Gasteiger partial charge in [0, 0.05) is 37.3 Å². The van der Waals surface area contributed by atoms with Crippen LogP contribution in [-0.4, -0.2) is 38.9 Å². The summed E-state index contributed by atoms with van der Waals surface area (Å²) in [5.41, 5.74) is 2.40. The van der Waals surface area contributed by atoms with Crippen molar-refractivity contribution in [3.8, 4) is 0 Å². The number of nitrogens with zero attached hydrogens (tertiary/aromatic N) is 4. The molecule has 1 saturated carbocycles. The van der Waals surface area contributed by atoms with Crippen LogP contribution < -0.4 is 0 Å². The molecule has 6 heteroatoms. The monoisotopic (exact) mass is 346 g/mol. The fraction of sp³-hybridized carbons (Fsp3) is 0.667. The molecule has 2 aromatic heterocycles. The summed E-state index contributed by atoms with van der Waals surface area (Å²) in [5.74, 6) is 0. The van der Waals surface area contributed by atoms with Gasteiger partial charge in [0.05, 0.1) is 29.0 Å². The Morgan fingerprint density at radius 2 is 2.21 bits per heavy atom. The highest BCUT2D eigenvalue weighted by Crippen LogP contribution is 2.30. The Balaban J connectivity index is 1.33. The van der Waals surface area contributed by atoms with Crippen LogP contribution in [0.3, 0.4) is 0 Å². The van der Waals surface area contributed by atoms with Crippen molar-refractivity contribution in [3.63, 3.8) is 0 Å². The topological polar surface area (TPSA) is 43.2 Å². The first kappa shape index (κ1) is 16.2. The number of aromatic nitrogens is 3. The number of ether oxygens (including phenoxy) is 1. The van der Waals surface area contributed by atoms with Gasteiger partial charge in [0.1, 0.15) is 0 Å². The molecule has 0 amide bonds.